The third-order valence-electron chi connectivity index (χ3n) is 3.04. The second-order valence-corrected chi connectivity index (χ2v) is 4.37. The molecule has 17 heavy (non-hydrogen) atoms. The highest BCUT2D eigenvalue weighted by Crippen LogP contribution is 2.27. The average Bonchev–Trinajstić information content (AvgIpc) is 3.07. The fourth-order valence-electron chi connectivity index (χ4n) is 1.98. The van der Waals surface area contributed by atoms with Crippen molar-refractivity contribution in [2.75, 3.05) is 0 Å². The van der Waals surface area contributed by atoms with E-state index in [0.29, 0.717) is 18.2 Å². The molecule has 0 spiro atoms. The molecule has 2 aromatic rings. The van der Waals surface area contributed by atoms with Gasteiger partial charge in [0.15, 0.2) is 0 Å². The Kier molecular flexibility index (Phi) is 2.37. The summed E-state index contributed by atoms with van der Waals surface area (Å²) in [6, 6.07) is 7.97. The van der Waals surface area contributed by atoms with E-state index >= 15 is 0 Å². The molecule has 1 heterocycles. The minimum Gasteiger partial charge on any atom is -0.475 e. The van der Waals surface area contributed by atoms with Crippen LogP contribution in [0.5, 0.6) is 0 Å². The molecule has 1 aliphatic rings. The van der Waals surface area contributed by atoms with Gasteiger partial charge in [0.05, 0.1) is 0 Å². The van der Waals surface area contributed by atoms with Gasteiger partial charge in [0, 0.05) is 23.5 Å². The van der Waals surface area contributed by atoms with Gasteiger partial charge in [-0.05, 0) is 18.9 Å². The van der Waals surface area contributed by atoms with E-state index < -0.39 is 5.97 Å². The fraction of sp³-hybridized carbons (Fsp3) is 0.308. The van der Waals surface area contributed by atoms with Gasteiger partial charge in [-0.15, -0.1) is 0 Å². The van der Waals surface area contributed by atoms with E-state index in [1.54, 1.807) is 6.07 Å². The van der Waals surface area contributed by atoms with Crippen molar-refractivity contribution >= 4 is 16.9 Å². The number of rotatable bonds is 4. The number of furan rings is 1. The standard InChI is InChI=1S/C13H13NO3/c15-13(16)12-10(7-14-8-5-6-8)9-3-1-2-4-11(9)17-12/h1-4,8,14H,5-7H2,(H,15,16). The van der Waals surface area contributed by atoms with Gasteiger partial charge in [0.25, 0.3) is 0 Å². The van der Waals surface area contributed by atoms with Crippen LogP contribution in [0, 0.1) is 0 Å². The SMILES string of the molecule is O=C(O)c1oc2ccccc2c1CNC1CC1. The number of para-hydroxylation sites is 1. The minimum atomic E-state index is -1.01. The Balaban J connectivity index is 2.03. The summed E-state index contributed by atoms with van der Waals surface area (Å²) in [6.07, 6.45) is 2.36. The quantitative estimate of drug-likeness (QED) is 0.848. The lowest BCUT2D eigenvalue weighted by molar-refractivity contribution is 0.0663. The molecule has 1 aliphatic carbocycles. The Hall–Kier alpha value is -1.81. The number of hydrogen-bond acceptors (Lipinski definition) is 3. The highest BCUT2D eigenvalue weighted by Gasteiger charge is 2.24. The molecule has 2 N–H and O–H groups in total. The molecule has 0 unspecified atom stereocenters. The Morgan fingerprint density at radius 2 is 2.18 bits per heavy atom. The summed E-state index contributed by atoms with van der Waals surface area (Å²) in [5, 5.41) is 13.3. The van der Waals surface area contributed by atoms with Crippen LogP contribution < -0.4 is 5.32 Å². The molecular formula is C13H13NO3. The molecule has 1 aromatic heterocycles. The van der Waals surface area contributed by atoms with Gasteiger partial charge in [-0.3, -0.25) is 0 Å². The molecule has 1 fully saturated rings. The summed E-state index contributed by atoms with van der Waals surface area (Å²) in [7, 11) is 0. The number of aromatic carboxylic acids is 1. The number of carbonyl (C=O) groups is 1. The summed E-state index contributed by atoms with van der Waals surface area (Å²) >= 11 is 0. The van der Waals surface area contributed by atoms with Gasteiger partial charge in [0.2, 0.25) is 5.76 Å². The molecule has 88 valence electrons. The largest absolute Gasteiger partial charge is 0.475 e. The van der Waals surface area contributed by atoms with Gasteiger partial charge in [-0.2, -0.15) is 0 Å². The number of carboxylic acid groups (broad SMARTS) is 1. The smallest absolute Gasteiger partial charge is 0.372 e. The zero-order valence-corrected chi connectivity index (χ0v) is 9.27. The first-order chi connectivity index (χ1) is 8.25. The van der Waals surface area contributed by atoms with E-state index in [9.17, 15) is 4.79 Å². The van der Waals surface area contributed by atoms with Gasteiger partial charge >= 0.3 is 5.97 Å². The molecule has 0 bridgehead atoms. The van der Waals surface area contributed by atoms with Crippen LogP contribution in [0.2, 0.25) is 0 Å². The predicted molar refractivity (Wildman–Crippen MR) is 63.0 cm³/mol. The van der Waals surface area contributed by atoms with Crippen molar-refractivity contribution in [3.05, 3.63) is 35.6 Å². The van der Waals surface area contributed by atoms with Crippen molar-refractivity contribution in [3.8, 4) is 0 Å². The molecule has 3 rings (SSSR count). The van der Waals surface area contributed by atoms with Crippen molar-refractivity contribution < 1.29 is 14.3 Å². The third kappa shape index (κ3) is 1.91. The van der Waals surface area contributed by atoms with Crippen LogP contribution in [0.4, 0.5) is 0 Å². The van der Waals surface area contributed by atoms with Crippen molar-refractivity contribution in [2.45, 2.75) is 25.4 Å². The lowest BCUT2D eigenvalue weighted by Gasteiger charge is -2.01. The maximum absolute atomic E-state index is 11.1. The monoisotopic (exact) mass is 231 g/mol. The molecule has 0 amide bonds. The molecule has 1 saturated carbocycles. The van der Waals surface area contributed by atoms with Crippen molar-refractivity contribution in [1.29, 1.82) is 0 Å². The minimum absolute atomic E-state index is 0.0550. The highest BCUT2D eigenvalue weighted by atomic mass is 16.4. The number of nitrogens with one attached hydrogen (secondary N) is 1. The molecule has 0 radical (unpaired) electrons. The summed E-state index contributed by atoms with van der Waals surface area (Å²) in [4.78, 5) is 11.1. The summed E-state index contributed by atoms with van der Waals surface area (Å²) < 4.78 is 5.37. The second-order valence-electron chi connectivity index (χ2n) is 4.37. The second kappa shape index (κ2) is 3.89. The van der Waals surface area contributed by atoms with Crippen molar-refractivity contribution in [1.82, 2.24) is 5.32 Å². The summed E-state index contributed by atoms with van der Waals surface area (Å²) in [5.41, 5.74) is 1.39. The van der Waals surface area contributed by atoms with E-state index in [0.717, 1.165) is 10.9 Å². The first-order valence-electron chi connectivity index (χ1n) is 5.73. The third-order valence-corrected chi connectivity index (χ3v) is 3.04. The van der Waals surface area contributed by atoms with E-state index in [1.807, 2.05) is 18.2 Å². The highest BCUT2D eigenvalue weighted by molar-refractivity contribution is 5.95. The van der Waals surface area contributed by atoms with E-state index in [2.05, 4.69) is 5.32 Å². The Morgan fingerprint density at radius 3 is 2.88 bits per heavy atom. The van der Waals surface area contributed by atoms with Gasteiger partial charge in [-0.25, -0.2) is 4.79 Å². The molecule has 1 aromatic carbocycles. The van der Waals surface area contributed by atoms with Crippen LogP contribution in [-0.4, -0.2) is 17.1 Å². The normalized spacial score (nSPS) is 15.3. The van der Waals surface area contributed by atoms with Crippen LogP contribution in [-0.2, 0) is 6.54 Å². The summed E-state index contributed by atoms with van der Waals surface area (Å²) in [6.45, 7) is 0.559. The number of benzene rings is 1. The molecular weight excluding hydrogens is 218 g/mol. The van der Waals surface area contributed by atoms with E-state index in [4.69, 9.17) is 9.52 Å². The maximum atomic E-state index is 11.1. The Bertz CT molecular complexity index is 569. The fourth-order valence-corrected chi connectivity index (χ4v) is 1.98. The van der Waals surface area contributed by atoms with Crippen LogP contribution in [0.15, 0.2) is 28.7 Å². The lowest BCUT2D eigenvalue weighted by Crippen LogP contribution is -2.16. The zero-order chi connectivity index (χ0) is 11.8. The maximum Gasteiger partial charge on any atom is 0.372 e. The molecule has 0 aliphatic heterocycles. The Morgan fingerprint density at radius 1 is 1.41 bits per heavy atom. The Labute approximate surface area is 98.2 Å². The zero-order valence-electron chi connectivity index (χ0n) is 9.27. The summed E-state index contributed by atoms with van der Waals surface area (Å²) in [5.74, 6) is -0.951. The van der Waals surface area contributed by atoms with Crippen LogP contribution in [0.25, 0.3) is 11.0 Å². The number of hydrogen-bond donors (Lipinski definition) is 2. The van der Waals surface area contributed by atoms with Crippen molar-refractivity contribution in [3.63, 3.8) is 0 Å². The molecule has 0 atom stereocenters. The average molecular weight is 231 g/mol. The topological polar surface area (TPSA) is 62.5 Å². The molecule has 0 saturated heterocycles. The van der Waals surface area contributed by atoms with E-state index in [-0.39, 0.29) is 5.76 Å². The first kappa shape index (κ1) is 10.4. The van der Waals surface area contributed by atoms with Crippen molar-refractivity contribution in [2.24, 2.45) is 0 Å². The van der Waals surface area contributed by atoms with Crippen LogP contribution >= 0.6 is 0 Å². The molecule has 4 nitrogen and oxygen atoms in total. The van der Waals surface area contributed by atoms with E-state index in [1.165, 1.54) is 12.8 Å². The van der Waals surface area contributed by atoms with Gasteiger partial charge in [0.1, 0.15) is 5.58 Å². The predicted octanol–water partition coefficient (Wildman–Crippen LogP) is 2.38. The number of fused-ring (bicyclic) bond motifs is 1. The first-order valence-corrected chi connectivity index (χ1v) is 5.73. The van der Waals surface area contributed by atoms with Gasteiger partial charge < -0.3 is 14.8 Å². The molecule has 4 heteroatoms. The lowest BCUT2D eigenvalue weighted by atomic mass is 10.1. The number of carboxylic acids is 1. The van der Waals surface area contributed by atoms with Crippen LogP contribution in [0.1, 0.15) is 29.0 Å². The van der Waals surface area contributed by atoms with Crippen LogP contribution in [0.3, 0.4) is 0 Å². The van der Waals surface area contributed by atoms with Gasteiger partial charge in [-0.1, -0.05) is 18.2 Å².